The number of ether oxygens (including phenoxy) is 1. The molecule has 3 heteroatoms. The highest BCUT2D eigenvalue weighted by Gasteiger charge is 2.34. The summed E-state index contributed by atoms with van der Waals surface area (Å²) >= 11 is 0. The van der Waals surface area contributed by atoms with Crippen LogP contribution in [0.1, 0.15) is 66.2 Å². The summed E-state index contributed by atoms with van der Waals surface area (Å²) in [5, 5.41) is 0. The van der Waals surface area contributed by atoms with Gasteiger partial charge in [-0.1, -0.05) is 57.8 Å². The van der Waals surface area contributed by atoms with Gasteiger partial charge in [-0.25, -0.2) is 0 Å². The molecule has 0 saturated carbocycles. The zero-order valence-corrected chi connectivity index (χ0v) is 14.7. The molecular weight excluding hydrogens is 276 g/mol. The predicted molar refractivity (Wildman–Crippen MR) is 91.6 cm³/mol. The van der Waals surface area contributed by atoms with Crippen LogP contribution >= 0.6 is 0 Å². The maximum absolute atomic E-state index is 12.2. The Morgan fingerprint density at radius 1 is 1.00 bits per heavy atom. The summed E-state index contributed by atoms with van der Waals surface area (Å²) in [6, 6.07) is 0. The molecule has 22 heavy (non-hydrogen) atoms. The molecule has 0 radical (unpaired) electrons. The monoisotopic (exact) mass is 308 g/mol. The normalized spacial score (nSPS) is 13.3. The summed E-state index contributed by atoms with van der Waals surface area (Å²) in [7, 11) is 0. The van der Waals surface area contributed by atoms with Crippen LogP contribution in [0.5, 0.6) is 0 Å². The fourth-order valence-corrected chi connectivity index (χ4v) is 2.67. The summed E-state index contributed by atoms with van der Waals surface area (Å²) in [4.78, 5) is 24.2. The Hall–Kier alpha value is -1.38. The lowest BCUT2D eigenvalue weighted by Crippen LogP contribution is -2.33. The molecule has 0 aromatic carbocycles. The molecule has 3 nitrogen and oxygen atoms in total. The van der Waals surface area contributed by atoms with Gasteiger partial charge in [-0.2, -0.15) is 0 Å². The van der Waals surface area contributed by atoms with E-state index >= 15 is 0 Å². The van der Waals surface area contributed by atoms with E-state index in [1.54, 1.807) is 6.92 Å². The van der Waals surface area contributed by atoms with Gasteiger partial charge >= 0.3 is 5.97 Å². The summed E-state index contributed by atoms with van der Waals surface area (Å²) in [6.45, 7) is 15.5. The molecule has 0 aliphatic carbocycles. The van der Waals surface area contributed by atoms with Crippen LogP contribution in [0, 0.1) is 11.8 Å². The van der Waals surface area contributed by atoms with Crippen LogP contribution in [0.25, 0.3) is 0 Å². The number of unbranched alkanes of at least 4 members (excludes halogenated alkanes) is 4. The Balaban J connectivity index is 5.00. The van der Waals surface area contributed by atoms with Crippen LogP contribution < -0.4 is 0 Å². The van der Waals surface area contributed by atoms with Gasteiger partial charge in [0, 0.05) is 5.92 Å². The van der Waals surface area contributed by atoms with E-state index in [4.69, 9.17) is 4.74 Å². The summed E-state index contributed by atoms with van der Waals surface area (Å²) in [5.41, 5.74) is 1.62. The van der Waals surface area contributed by atoms with Crippen molar-refractivity contribution in [1.82, 2.24) is 0 Å². The van der Waals surface area contributed by atoms with Gasteiger partial charge in [0.05, 0.1) is 6.61 Å². The van der Waals surface area contributed by atoms with Crippen LogP contribution in [-0.4, -0.2) is 18.4 Å². The second-order valence-corrected chi connectivity index (χ2v) is 5.96. The van der Waals surface area contributed by atoms with Gasteiger partial charge in [-0.15, -0.1) is 0 Å². The lowest BCUT2D eigenvalue weighted by molar-refractivity contribution is -0.152. The van der Waals surface area contributed by atoms with Crippen molar-refractivity contribution in [3.63, 3.8) is 0 Å². The molecule has 0 amide bonds. The van der Waals surface area contributed by atoms with E-state index in [9.17, 15) is 9.59 Å². The second-order valence-electron chi connectivity index (χ2n) is 5.96. The van der Waals surface area contributed by atoms with Gasteiger partial charge in [0.2, 0.25) is 0 Å². The first kappa shape index (κ1) is 20.6. The number of hydrogen-bond donors (Lipinski definition) is 0. The zero-order valence-electron chi connectivity index (χ0n) is 14.7. The highest BCUT2D eigenvalue weighted by molar-refractivity contribution is 5.98. The Morgan fingerprint density at radius 2 is 1.59 bits per heavy atom. The van der Waals surface area contributed by atoms with E-state index < -0.39 is 11.9 Å². The number of allylic oxidation sites excluding steroid dienone is 2. The quantitative estimate of drug-likeness (QED) is 0.224. The number of ketones is 1. The third-order valence-electron chi connectivity index (χ3n) is 4.00. The lowest BCUT2D eigenvalue weighted by atomic mass is 9.78. The molecule has 0 aliphatic rings. The van der Waals surface area contributed by atoms with Gasteiger partial charge in [0.1, 0.15) is 11.7 Å². The minimum absolute atomic E-state index is 0.153. The van der Waals surface area contributed by atoms with Crippen molar-refractivity contribution >= 4 is 11.8 Å². The van der Waals surface area contributed by atoms with E-state index in [0.29, 0.717) is 0 Å². The van der Waals surface area contributed by atoms with Crippen molar-refractivity contribution in [2.75, 3.05) is 6.61 Å². The number of hydrogen-bond acceptors (Lipinski definition) is 3. The number of esters is 1. The lowest BCUT2D eigenvalue weighted by Gasteiger charge is -2.26. The Bertz CT molecular complexity index is 395. The number of carbonyl (C=O) groups excluding carboxylic acids is 2. The Morgan fingerprint density at radius 3 is 2.05 bits per heavy atom. The zero-order chi connectivity index (χ0) is 17.1. The van der Waals surface area contributed by atoms with E-state index in [0.717, 1.165) is 30.4 Å². The fourth-order valence-electron chi connectivity index (χ4n) is 2.67. The smallest absolute Gasteiger partial charge is 0.317 e. The minimum Gasteiger partial charge on any atom is -0.465 e. The van der Waals surface area contributed by atoms with Crippen LogP contribution in [0.4, 0.5) is 0 Å². The van der Waals surface area contributed by atoms with E-state index in [1.165, 1.54) is 26.2 Å². The number of carbonyl (C=O) groups is 2. The minimum atomic E-state index is -0.754. The first-order valence-corrected chi connectivity index (χ1v) is 8.38. The average Bonchev–Trinajstić information content (AvgIpc) is 2.44. The van der Waals surface area contributed by atoms with Gasteiger partial charge in [-0.3, -0.25) is 9.59 Å². The van der Waals surface area contributed by atoms with Crippen molar-refractivity contribution in [2.45, 2.75) is 66.2 Å². The molecule has 0 rings (SSSR count). The Kier molecular flexibility index (Phi) is 10.5. The van der Waals surface area contributed by atoms with Crippen LogP contribution in [-0.2, 0) is 14.3 Å². The summed E-state index contributed by atoms with van der Waals surface area (Å²) < 4.78 is 5.09. The van der Waals surface area contributed by atoms with Gasteiger partial charge in [-0.05, 0) is 32.8 Å². The van der Waals surface area contributed by atoms with Crippen molar-refractivity contribution in [1.29, 1.82) is 0 Å². The fraction of sp³-hybridized carbons (Fsp3) is 0.684. The third kappa shape index (κ3) is 7.06. The van der Waals surface area contributed by atoms with Crippen molar-refractivity contribution in [2.24, 2.45) is 11.8 Å². The van der Waals surface area contributed by atoms with Gasteiger partial charge < -0.3 is 4.74 Å². The number of rotatable bonds is 12. The second kappa shape index (κ2) is 11.2. The highest BCUT2D eigenvalue weighted by atomic mass is 16.5. The SMILES string of the molecule is C=C(C)C(=C)C(CCCCCCC)C(C(C)=O)C(=O)OCC. The topological polar surface area (TPSA) is 43.4 Å². The molecule has 0 heterocycles. The van der Waals surface area contributed by atoms with E-state index in [-0.39, 0.29) is 18.3 Å². The first-order valence-electron chi connectivity index (χ1n) is 8.38. The first-order chi connectivity index (χ1) is 10.4. The number of Topliss-reactive ketones (excluding diaryl/α,β-unsaturated/α-hetero) is 1. The molecule has 0 aromatic rings. The van der Waals surface area contributed by atoms with E-state index in [1.807, 2.05) is 6.92 Å². The summed E-state index contributed by atoms with van der Waals surface area (Å²) in [6.07, 6.45) is 6.48. The standard InChI is InChI=1S/C19H32O3/c1-7-9-10-11-12-13-17(15(5)14(3)4)18(16(6)20)19(21)22-8-2/h17-18H,3,5,7-13H2,1-2,4,6H3. The molecule has 0 aromatic heterocycles. The van der Waals surface area contributed by atoms with E-state index in [2.05, 4.69) is 20.1 Å². The molecule has 126 valence electrons. The molecular formula is C19H32O3. The molecule has 0 fully saturated rings. The van der Waals surface area contributed by atoms with Crippen LogP contribution in [0.15, 0.2) is 24.3 Å². The Labute approximate surface area is 135 Å². The molecule has 2 unspecified atom stereocenters. The third-order valence-corrected chi connectivity index (χ3v) is 4.00. The average molecular weight is 308 g/mol. The van der Waals surface area contributed by atoms with Crippen LogP contribution in [0.3, 0.4) is 0 Å². The maximum Gasteiger partial charge on any atom is 0.317 e. The molecule has 0 spiro atoms. The van der Waals surface area contributed by atoms with Crippen LogP contribution in [0.2, 0.25) is 0 Å². The molecule has 0 bridgehead atoms. The highest BCUT2D eigenvalue weighted by Crippen LogP contribution is 2.31. The molecule has 0 aliphatic heterocycles. The van der Waals surface area contributed by atoms with Crippen molar-refractivity contribution in [3.05, 3.63) is 24.3 Å². The molecule has 0 N–H and O–H groups in total. The predicted octanol–water partition coefficient (Wildman–Crippen LogP) is 4.86. The van der Waals surface area contributed by atoms with Gasteiger partial charge in [0.15, 0.2) is 0 Å². The summed E-state index contributed by atoms with van der Waals surface area (Å²) in [5.74, 6) is -1.54. The largest absolute Gasteiger partial charge is 0.465 e. The molecule has 2 atom stereocenters. The molecule has 0 saturated heterocycles. The maximum atomic E-state index is 12.2. The van der Waals surface area contributed by atoms with Crippen molar-refractivity contribution in [3.8, 4) is 0 Å². The van der Waals surface area contributed by atoms with Gasteiger partial charge in [0.25, 0.3) is 0 Å². The van der Waals surface area contributed by atoms with Crippen molar-refractivity contribution < 1.29 is 14.3 Å².